The Morgan fingerprint density at radius 3 is 2.39 bits per heavy atom. The zero-order valence-corrected chi connectivity index (χ0v) is 23.2. The first-order chi connectivity index (χ1) is 17.4. The molecule has 8 nitrogen and oxygen atoms in total. The summed E-state index contributed by atoms with van der Waals surface area (Å²) in [5.74, 6) is -1.21. The third-order valence-corrected chi connectivity index (χ3v) is 11.9. The van der Waals surface area contributed by atoms with E-state index in [1.165, 1.54) is 0 Å². The molecule has 0 aromatic rings. The Kier molecular flexibility index (Phi) is 7.47. The van der Waals surface area contributed by atoms with Crippen LogP contribution in [0.15, 0.2) is 0 Å². The largest absolute Gasteiger partial charge is 0.455 e. The van der Waals surface area contributed by atoms with Gasteiger partial charge in [-0.05, 0) is 67.6 Å². The molecule has 214 valence electrons. The number of alkyl halides is 2. The summed E-state index contributed by atoms with van der Waals surface area (Å²) in [7, 11) is -5.74. The van der Waals surface area contributed by atoms with Gasteiger partial charge in [-0.3, -0.25) is 23.7 Å². The zero-order chi connectivity index (χ0) is 28.4. The highest BCUT2D eigenvalue weighted by Gasteiger charge is 2.66. The van der Waals surface area contributed by atoms with Crippen LogP contribution in [-0.4, -0.2) is 47.6 Å². The molecule has 0 aromatic heterocycles. The fourth-order valence-electron chi connectivity index (χ4n) is 8.47. The number of halogens is 2. The van der Waals surface area contributed by atoms with Gasteiger partial charge in [0.25, 0.3) is 0 Å². The number of carbonyl (C=O) groups is 4. The molecule has 0 saturated heterocycles. The summed E-state index contributed by atoms with van der Waals surface area (Å²) >= 11 is 0. The van der Waals surface area contributed by atoms with Crippen molar-refractivity contribution in [2.45, 2.75) is 96.8 Å². The van der Waals surface area contributed by atoms with E-state index in [1.54, 1.807) is 0 Å². The molecule has 0 aromatic carbocycles. The van der Waals surface area contributed by atoms with Crippen LogP contribution >= 0.6 is 0 Å². The molecule has 1 unspecified atom stereocenters. The van der Waals surface area contributed by atoms with Crippen LogP contribution in [0.25, 0.3) is 0 Å². The molecular formula is C27H38F2O8S. The normalized spacial score (nSPS) is 39.1. The number of ether oxygens (including phenoxy) is 1. The number of hydrogen-bond acceptors (Lipinski definition) is 7. The van der Waals surface area contributed by atoms with Crippen molar-refractivity contribution < 1.29 is 45.7 Å². The quantitative estimate of drug-likeness (QED) is 0.358. The van der Waals surface area contributed by atoms with Crippen molar-refractivity contribution in [1.82, 2.24) is 0 Å². The van der Waals surface area contributed by atoms with Crippen LogP contribution in [0.2, 0.25) is 0 Å². The van der Waals surface area contributed by atoms with Gasteiger partial charge in [0, 0.05) is 43.4 Å². The molecule has 4 aliphatic rings. The minimum Gasteiger partial charge on any atom is -0.455 e. The van der Waals surface area contributed by atoms with E-state index in [0.717, 1.165) is 0 Å². The predicted molar refractivity (Wildman–Crippen MR) is 131 cm³/mol. The molecule has 1 N–H and O–H groups in total. The molecule has 0 aliphatic heterocycles. The van der Waals surface area contributed by atoms with Crippen LogP contribution in [0.5, 0.6) is 0 Å². The molecule has 0 bridgehead atoms. The Bertz CT molecular complexity index is 1140. The number of ketones is 3. The molecule has 0 radical (unpaired) electrons. The van der Waals surface area contributed by atoms with E-state index in [4.69, 9.17) is 4.55 Å². The molecule has 4 aliphatic carbocycles. The van der Waals surface area contributed by atoms with Gasteiger partial charge in [-0.1, -0.05) is 20.8 Å². The van der Waals surface area contributed by atoms with Crippen molar-refractivity contribution in [3.63, 3.8) is 0 Å². The lowest BCUT2D eigenvalue weighted by molar-refractivity contribution is -0.166. The summed E-state index contributed by atoms with van der Waals surface area (Å²) in [6.07, 6.45) is 1.34. The Morgan fingerprint density at radius 1 is 1.11 bits per heavy atom. The minimum absolute atomic E-state index is 0.00705. The second-order valence-electron chi connectivity index (χ2n) is 12.6. The summed E-state index contributed by atoms with van der Waals surface area (Å²) < 4.78 is 62.6. The first-order valence-corrected chi connectivity index (χ1v) is 15.0. The fourth-order valence-corrected chi connectivity index (χ4v) is 8.94. The SMILES string of the molecule is CC(OC(=O)CC[C@@H](C)[C@H]1CC[C@H]2[C@@H]3C(=O)C[C@@H]4CC(=O)CC[C@]4(C)[C@H]3CC(=O)[C@]12C)C(F)(F)S(=O)(=O)O. The second-order valence-corrected chi connectivity index (χ2v) is 14.1. The average Bonchev–Trinajstić information content (AvgIpc) is 3.17. The molecule has 9 atom stereocenters. The standard InChI is InChI=1S/C27H38F2O8S/c1-14(5-8-23(33)37-15(2)27(28,29)38(34,35)36)18-6-7-19-24-20(13-22(32)26(18,19)4)25(3)10-9-17(30)11-16(25)12-21(24)31/h14-16,18-20,24H,5-13H2,1-4H3,(H,34,35,36)/t14-,15?,16+,18-,19+,20+,24+,25+,26-/m1/s1. The van der Waals surface area contributed by atoms with Crippen molar-refractivity contribution >= 4 is 33.4 Å². The summed E-state index contributed by atoms with van der Waals surface area (Å²) in [5, 5.41) is -4.63. The van der Waals surface area contributed by atoms with E-state index in [9.17, 15) is 36.4 Å². The van der Waals surface area contributed by atoms with Gasteiger partial charge in [0.15, 0.2) is 6.10 Å². The highest BCUT2D eigenvalue weighted by molar-refractivity contribution is 7.86. The van der Waals surface area contributed by atoms with Gasteiger partial charge >= 0.3 is 21.3 Å². The van der Waals surface area contributed by atoms with Crippen molar-refractivity contribution in [3.05, 3.63) is 0 Å². The van der Waals surface area contributed by atoms with Gasteiger partial charge in [0.2, 0.25) is 0 Å². The number of Topliss-reactive ketones (excluding diaryl/α,β-unsaturated/α-hetero) is 3. The molecule has 4 fully saturated rings. The van der Waals surface area contributed by atoms with Crippen LogP contribution in [0, 0.1) is 46.3 Å². The fraction of sp³-hybridized carbons (Fsp3) is 0.852. The summed E-state index contributed by atoms with van der Waals surface area (Å²) in [6.45, 7) is 6.68. The summed E-state index contributed by atoms with van der Waals surface area (Å²) in [5.41, 5.74) is -0.948. The van der Waals surface area contributed by atoms with E-state index < -0.39 is 32.9 Å². The van der Waals surface area contributed by atoms with E-state index in [-0.39, 0.29) is 71.1 Å². The van der Waals surface area contributed by atoms with E-state index in [0.29, 0.717) is 51.9 Å². The molecule has 4 rings (SSSR count). The number of rotatable bonds is 7. The Balaban J connectivity index is 1.45. The third kappa shape index (κ3) is 4.55. The lowest BCUT2D eigenvalue weighted by Crippen LogP contribution is -2.60. The second kappa shape index (κ2) is 9.71. The van der Waals surface area contributed by atoms with E-state index >= 15 is 0 Å². The van der Waals surface area contributed by atoms with Gasteiger partial charge in [-0.25, -0.2) is 0 Å². The van der Waals surface area contributed by atoms with Crippen LogP contribution in [0.1, 0.15) is 85.5 Å². The van der Waals surface area contributed by atoms with Crippen LogP contribution in [0.4, 0.5) is 8.78 Å². The van der Waals surface area contributed by atoms with Crippen LogP contribution in [-0.2, 0) is 34.0 Å². The minimum atomic E-state index is -5.74. The van der Waals surface area contributed by atoms with Crippen molar-refractivity contribution in [1.29, 1.82) is 0 Å². The number of carbonyl (C=O) groups excluding carboxylic acids is 4. The topological polar surface area (TPSA) is 132 Å². The predicted octanol–water partition coefficient (Wildman–Crippen LogP) is 4.40. The first-order valence-electron chi connectivity index (χ1n) is 13.6. The van der Waals surface area contributed by atoms with Gasteiger partial charge in [0.05, 0.1) is 0 Å². The molecule has 0 spiro atoms. The van der Waals surface area contributed by atoms with E-state index in [2.05, 4.69) is 11.7 Å². The van der Waals surface area contributed by atoms with Crippen molar-refractivity contribution in [2.75, 3.05) is 0 Å². The monoisotopic (exact) mass is 560 g/mol. The molecular weight excluding hydrogens is 522 g/mol. The zero-order valence-electron chi connectivity index (χ0n) is 22.4. The smallest absolute Gasteiger partial charge is 0.405 e. The van der Waals surface area contributed by atoms with Gasteiger partial charge < -0.3 is 4.74 Å². The summed E-state index contributed by atoms with van der Waals surface area (Å²) in [6, 6.07) is 0. The Morgan fingerprint density at radius 2 is 1.76 bits per heavy atom. The molecule has 0 amide bonds. The van der Waals surface area contributed by atoms with Gasteiger partial charge in [-0.15, -0.1) is 0 Å². The van der Waals surface area contributed by atoms with E-state index in [1.807, 2.05) is 13.8 Å². The molecule has 0 heterocycles. The van der Waals surface area contributed by atoms with Crippen LogP contribution < -0.4 is 0 Å². The number of esters is 1. The lowest BCUT2D eigenvalue weighted by Gasteiger charge is -2.58. The first kappa shape index (κ1) is 29.2. The maximum atomic E-state index is 13.8. The Labute approximate surface area is 222 Å². The molecule has 4 saturated carbocycles. The highest BCUT2D eigenvalue weighted by Crippen LogP contribution is 2.66. The Hall–Kier alpha value is -1.75. The lowest BCUT2D eigenvalue weighted by atomic mass is 9.44. The van der Waals surface area contributed by atoms with Crippen molar-refractivity contribution in [2.24, 2.45) is 46.3 Å². The van der Waals surface area contributed by atoms with Gasteiger partial charge in [0.1, 0.15) is 17.3 Å². The highest BCUT2D eigenvalue weighted by atomic mass is 32.2. The molecule has 38 heavy (non-hydrogen) atoms. The summed E-state index contributed by atoms with van der Waals surface area (Å²) in [4.78, 5) is 51.6. The van der Waals surface area contributed by atoms with Gasteiger partial charge in [-0.2, -0.15) is 17.2 Å². The molecule has 11 heteroatoms. The third-order valence-electron chi connectivity index (χ3n) is 10.8. The van der Waals surface area contributed by atoms with Crippen LogP contribution in [0.3, 0.4) is 0 Å². The number of hydrogen-bond donors (Lipinski definition) is 1. The van der Waals surface area contributed by atoms with Crippen molar-refractivity contribution in [3.8, 4) is 0 Å². The number of fused-ring (bicyclic) bond motifs is 5. The maximum Gasteiger partial charge on any atom is 0.405 e. The maximum absolute atomic E-state index is 13.8. The average molecular weight is 561 g/mol.